The molecule has 0 amide bonds. The van der Waals surface area contributed by atoms with Gasteiger partial charge >= 0.3 is 11.7 Å². The number of aliphatic carboxylic acids is 1. The lowest BCUT2D eigenvalue weighted by atomic mass is 9.80. The lowest BCUT2D eigenvalue weighted by Crippen LogP contribution is -2.45. The summed E-state index contributed by atoms with van der Waals surface area (Å²) in [6.07, 6.45) is 1.86. The molecule has 0 saturated carbocycles. The minimum absolute atomic E-state index is 0.0830. The molecular weight excluding hydrogens is 426 g/mol. The molecule has 4 N–H and O–H groups in total. The van der Waals surface area contributed by atoms with Crippen LogP contribution in [0.25, 0.3) is 0 Å². The van der Waals surface area contributed by atoms with Crippen molar-refractivity contribution in [2.45, 2.75) is 17.4 Å². The molecule has 0 radical (unpaired) electrons. The minimum Gasteiger partial charge on any atom is -0.479 e. The van der Waals surface area contributed by atoms with E-state index >= 15 is 0 Å². The number of carboxylic acids is 1. The number of carboxylic acid groups (broad SMARTS) is 1. The van der Waals surface area contributed by atoms with Gasteiger partial charge in [-0.25, -0.2) is 28.3 Å². The first-order valence-corrected chi connectivity index (χ1v) is 10.3. The van der Waals surface area contributed by atoms with Crippen molar-refractivity contribution in [2.24, 2.45) is 5.14 Å². The van der Waals surface area contributed by atoms with Crippen LogP contribution >= 0.6 is 0 Å². The molecule has 3 rings (SSSR count). The summed E-state index contributed by atoms with van der Waals surface area (Å²) in [7, 11) is -4.13. The average molecular weight is 443 g/mol. The van der Waals surface area contributed by atoms with Crippen LogP contribution in [0.3, 0.4) is 0 Å². The van der Waals surface area contributed by atoms with E-state index in [0.29, 0.717) is 5.56 Å². The number of rotatable bonds is 7. The fraction of sp³-hybridized carbons (Fsp3) is 0.105. The Labute approximate surface area is 176 Å². The van der Waals surface area contributed by atoms with Crippen molar-refractivity contribution >= 4 is 27.6 Å². The second kappa shape index (κ2) is 8.08. The van der Waals surface area contributed by atoms with Crippen molar-refractivity contribution in [1.82, 2.24) is 9.97 Å². The Balaban J connectivity index is 2.29. The normalized spacial score (nSPS) is 13.2. The molecule has 3 aromatic rings. The maximum Gasteiger partial charge on any atom is 0.338 e. The van der Waals surface area contributed by atoms with Crippen molar-refractivity contribution in [3.05, 3.63) is 87.7 Å². The summed E-state index contributed by atoms with van der Waals surface area (Å²) in [6.45, 7) is 1.61. The van der Waals surface area contributed by atoms with Crippen LogP contribution in [0.2, 0.25) is 0 Å². The molecule has 0 aliphatic carbocycles. The standard InChI is InChI=1S/C19H17N5O6S/c1-12-7-8-15(31(20,29)30)9-16(12)19(17(25)26,13-5-3-2-4-6-13)23-18-21-10-14(11-22-18)24(27)28/h2-11H,1H3,(H,25,26)(H2,20,29,30)(H,21,22,23). The van der Waals surface area contributed by atoms with E-state index in [1.54, 1.807) is 25.1 Å². The van der Waals surface area contributed by atoms with Crippen LogP contribution in [0.1, 0.15) is 16.7 Å². The van der Waals surface area contributed by atoms with Crippen molar-refractivity contribution in [2.75, 3.05) is 5.32 Å². The van der Waals surface area contributed by atoms with Gasteiger partial charge in [-0.3, -0.25) is 10.1 Å². The minimum atomic E-state index is -4.13. The summed E-state index contributed by atoms with van der Waals surface area (Å²) in [5.41, 5.74) is -1.62. The number of benzene rings is 2. The molecule has 1 aromatic heterocycles. The second-order valence-electron chi connectivity index (χ2n) is 6.59. The highest BCUT2D eigenvalue weighted by molar-refractivity contribution is 7.89. The SMILES string of the molecule is Cc1ccc(S(N)(=O)=O)cc1C(Nc1ncc([N+](=O)[O-])cn1)(C(=O)O)c1ccccc1. The molecule has 0 fully saturated rings. The molecule has 11 nitrogen and oxygen atoms in total. The highest BCUT2D eigenvalue weighted by Crippen LogP contribution is 2.36. The van der Waals surface area contributed by atoms with Gasteiger partial charge in [0.1, 0.15) is 12.4 Å². The Kier molecular flexibility index (Phi) is 5.69. The van der Waals surface area contributed by atoms with Crippen molar-refractivity contribution in [3.63, 3.8) is 0 Å². The van der Waals surface area contributed by atoms with E-state index in [1.165, 1.54) is 30.3 Å². The van der Waals surface area contributed by atoms with Crippen LogP contribution in [0.5, 0.6) is 0 Å². The van der Waals surface area contributed by atoms with Gasteiger partial charge in [0, 0.05) is 0 Å². The highest BCUT2D eigenvalue weighted by atomic mass is 32.2. The molecule has 12 heteroatoms. The summed E-state index contributed by atoms with van der Waals surface area (Å²) in [5, 5.41) is 29.2. The third-order valence-electron chi connectivity index (χ3n) is 4.62. The number of nitrogens with one attached hydrogen (secondary N) is 1. The van der Waals surface area contributed by atoms with Gasteiger partial charge < -0.3 is 10.4 Å². The van der Waals surface area contributed by atoms with Gasteiger partial charge in [-0.2, -0.15) is 0 Å². The van der Waals surface area contributed by atoms with Gasteiger partial charge in [-0.05, 0) is 35.7 Å². The average Bonchev–Trinajstić information content (AvgIpc) is 2.72. The van der Waals surface area contributed by atoms with E-state index in [9.17, 15) is 28.4 Å². The third-order valence-corrected chi connectivity index (χ3v) is 5.53. The number of hydrogen-bond donors (Lipinski definition) is 3. The van der Waals surface area contributed by atoms with Gasteiger partial charge in [0.2, 0.25) is 16.0 Å². The van der Waals surface area contributed by atoms with E-state index in [-0.39, 0.29) is 27.7 Å². The summed E-state index contributed by atoms with van der Waals surface area (Å²) >= 11 is 0. The van der Waals surface area contributed by atoms with Crippen LogP contribution in [0.15, 0.2) is 65.8 Å². The second-order valence-corrected chi connectivity index (χ2v) is 8.15. The predicted octanol–water partition coefficient (Wildman–Crippen LogP) is 1.78. The molecular formula is C19H17N5O6S. The quantitative estimate of drug-likeness (QED) is 0.362. The van der Waals surface area contributed by atoms with Crippen LogP contribution in [0, 0.1) is 17.0 Å². The molecule has 0 saturated heterocycles. The number of carbonyl (C=O) groups is 1. The van der Waals surface area contributed by atoms with E-state index in [4.69, 9.17) is 5.14 Å². The van der Waals surface area contributed by atoms with Crippen LogP contribution < -0.4 is 10.5 Å². The highest BCUT2D eigenvalue weighted by Gasteiger charge is 2.44. The van der Waals surface area contributed by atoms with E-state index in [2.05, 4.69) is 15.3 Å². The maximum absolute atomic E-state index is 12.7. The number of nitrogens with two attached hydrogens (primary N) is 1. The Morgan fingerprint density at radius 2 is 1.77 bits per heavy atom. The molecule has 1 heterocycles. The number of aromatic nitrogens is 2. The number of aryl methyl sites for hydroxylation is 1. The van der Waals surface area contributed by atoms with Crippen molar-refractivity contribution in [3.8, 4) is 0 Å². The summed E-state index contributed by atoms with van der Waals surface area (Å²) in [6, 6.07) is 11.9. The van der Waals surface area contributed by atoms with Crippen LogP contribution in [-0.4, -0.2) is 34.4 Å². The van der Waals surface area contributed by atoms with Crippen molar-refractivity contribution in [1.29, 1.82) is 0 Å². The molecule has 1 unspecified atom stereocenters. The van der Waals surface area contributed by atoms with Gasteiger partial charge in [0.05, 0.1) is 9.82 Å². The predicted molar refractivity (Wildman–Crippen MR) is 110 cm³/mol. The lowest BCUT2D eigenvalue weighted by molar-refractivity contribution is -0.385. The van der Waals surface area contributed by atoms with Crippen LogP contribution in [0.4, 0.5) is 11.6 Å². The van der Waals surface area contributed by atoms with Crippen LogP contribution in [-0.2, 0) is 20.4 Å². The topological polar surface area (TPSA) is 178 Å². The lowest BCUT2D eigenvalue weighted by Gasteiger charge is -2.33. The summed E-state index contributed by atoms with van der Waals surface area (Å²) in [4.78, 5) is 30.3. The number of nitro groups is 1. The Hall–Kier alpha value is -3.90. The molecule has 0 aliphatic heterocycles. The molecule has 0 spiro atoms. The molecule has 2 aromatic carbocycles. The maximum atomic E-state index is 12.7. The molecule has 0 aliphatic rings. The zero-order valence-electron chi connectivity index (χ0n) is 16.1. The molecule has 0 bridgehead atoms. The Bertz CT molecular complexity index is 1250. The fourth-order valence-corrected chi connectivity index (χ4v) is 3.64. The number of hydrogen-bond acceptors (Lipinski definition) is 8. The number of sulfonamides is 1. The number of nitrogens with zero attached hydrogens (tertiary/aromatic N) is 3. The summed E-state index contributed by atoms with van der Waals surface area (Å²) < 4.78 is 23.8. The zero-order chi connectivity index (χ0) is 22.8. The first-order valence-electron chi connectivity index (χ1n) is 8.73. The van der Waals surface area contributed by atoms with Gasteiger partial charge in [-0.15, -0.1) is 0 Å². The van der Waals surface area contributed by atoms with Crippen molar-refractivity contribution < 1.29 is 23.2 Å². The Morgan fingerprint density at radius 1 is 1.16 bits per heavy atom. The first kappa shape index (κ1) is 21.8. The largest absolute Gasteiger partial charge is 0.479 e. The first-order chi connectivity index (χ1) is 14.6. The Morgan fingerprint density at radius 3 is 2.29 bits per heavy atom. The smallest absolute Gasteiger partial charge is 0.338 e. The zero-order valence-corrected chi connectivity index (χ0v) is 16.9. The fourth-order valence-electron chi connectivity index (χ4n) is 3.11. The monoisotopic (exact) mass is 443 g/mol. The van der Waals surface area contributed by atoms with E-state index in [0.717, 1.165) is 12.4 Å². The summed E-state index contributed by atoms with van der Waals surface area (Å²) in [5.74, 6) is -1.59. The third kappa shape index (κ3) is 4.20. The molecule has 31 heavy (non-hydrogen) atoms. The van der Waals surface area contributed by atoms with E-state index < -0.39 is 26.5 Å². The number of primary sulfonamides is 1. The molecule has 1 atom stereocenters. The molecule has 160 valence electrons. The van der Waals surface area contributed by atoms with E-state index in [1.807, 2.05) is 0 Å². The van der Waals surface area contributed by atoms with Gasteiger partial charge in [0.25, 0.3) is 0 Å². The van der Waals surface area contributed by atoms with Gasteiger partial charge in [0.15, 0.2) is 5.54 Å². The number of anilines is 1. The van der Waals surface area contributed by atoms with Gasteiger partial charge in [-0.1, -0.05) is 36.4 Å².